The Kier molecular flexibility index (Phi) is 29.8. The highest BCUT2D eigenvalue weighted by Crippen LogP contribution is 2.48. The number of aryl methyl sites for hydroxylation is 1. The first-order valence-corrected chi connectivity index (χ1v) is 45.8. The van der Waals surface area contributed by atoms with E-state index in [2.05, 4.69) is 153 Å². The van der Waals surface area contributed by atoms with Gasteiger partial charge in [-0.05, 0) is 65.5 Å². The molecule has 1 unspecified atom stereocenters. The molecule has 141 heavy (non-hydrogen) atoms. The molecule has 22 rings (SSSR count). The van der Waals surface area contributed by atoms with Gasteiger partial charge in [-0.1, -0.05) is 31.3 Å². The number of allylic oxidation sites excluding steroid dienone is 2. The number of carbonyl (C=O) groups excluding carboxylic acids is 5. The second-order valence-corrected chi connectivity index (χ2v) is 34.8. The third-order valence-electron chi connectivity index (χ3n) is 20.8. The van der Waals surface area contributed by atoms with Gasteiger partial charge in [-0.25, -0.2) is 51.6 Å². The Labute approximate surface area is 808 Å². The van der Waals surface area contributed by atoms with Gasteiger partial charge in [0.05, 0.1) is 119 Å². The number of aromatic nitrogens is 28. The number of anilines is 5. The fourth-order valence-corrected chi connectivity index (χ4v) is 17.6. The van der Waals surface area contributed by atoms with E-state index in [0.717, 1.165) is 27.8 Å². The summed E-state index contributed by atoms with van der Waals surface area (Å²) in [5, 5.41) is 103. The smallest absolute Gasteiger partial charge is 0.318 e. The van der Waals surface area contributed by atoms with E-state index in [9.17, 15) is 51.0 Å². The number of aliphatic hydroxyl groups is 1. The molecule has 0 radical (unpaired) electrons. The number of nitrogens with zero attached hydrogens (tertiary/aromatic N) is 25. The summed E-state index contributed by atoms with van der Waals surface area (Å²) in [6, 6.07) is 15.1. The number of rotatable bonds is 22. The van der Waals surface area contributed by atoms with Crippen LogP contribution in [0.15, 0.2) is 205 Å². The molecule has 18 heterocycles. The van der Waals surface area contributed by atoms with Crippen LogP contribution in [0.4, 0.5) is 62.0 Å². The molecular weight excluding hydrogens is 1940 g/mol. The van der Waals surface area contributed by atoms with Crippen LogP contribution in [0.5, 0.6) is 0 Å². The van der Waals surface area contributed by atoms with E-state index in [-0.39, 0.29) is 115 Å². The van der Waals surface area contributed by atoms with E-state index in [4.69, 9.17) is 32.9 Å². The number of alkyl halides is 4. The van der Waals surface area contributed by atoms with E-state index in [0.29, 0.717) is 106 Å². The number of thiazole rings is 5. The van der Waals surface area contributed by atoms with Crippen molar-refractivity contribution >= 4 is 139 Å². The lowest BCUT2D eigenvalue weighted by atomic mass is 9.88. The Morgan fingerprint density at radius 2 is 0.716 bits per heavy atom. The van der Waals surface area contributed by atoms with Gasteiger partial charge in [0, 0.05) is 162 Å². The van der Waals surface area contributed by atoms with Gasteiger partial charge < -0.3 is 51.6 Å². The van der Waals surface area contributed by atoms with Crippen molar-refractivity contribution in [1.82, 2.24) is 140 Å². The molecule has 3 fully saturated rings. The lowest BCUT2D eigenvalue weighted by molar-refractivity contribution is -0.123. The Morgan fingerprint density at radius 3 is 0.993 bits per heavy atom. The quantitative estimate of drug-likeness (QED) is 0.0170. The van der Waals surface area contributed by atoms with E-state index >= 15 is 0 Å². The maximum atomic E-state index is 13.3. The van der Waals surface area contributed by atoms with Gasteiger partial charge in [-0.2, -0.15) is 45.5 Å². The van der Waals surface area contributed by atoms with Crippen LogP contribution in [-0.4, -0.2) is 216 Å². The number of aromatic amines is 5. The Balaban J connectivity index is 0.000000126. The van der Waals surface area contributed by atoms with Crippen LogP contribution in [0, 0.1) is 13.1 Å². The first-order chi connectivity index (χ1) is 68.3. The van der Waals surface area contributed by atoms with Gasteiger partial charge in [-0.3, -0.25) is 88.1 Å². The second-order valence-electron chi connectivity index (χ2n) is 30.5. The number of amides is 5. The Bertz CT molecular complexity index is 7270. The van der Waals surface area contributed by atoms with Crippen LogP contribution in [0.2, 0.25) is 0 Å². The molecule has 0 aromatic carbocycles. The zero-order chi connectivity index (χ0) is 98.9. The minimum Gasteiger partial charge on any atom is -0.483 e. The van der Waals surface area contributed by atoms with Gasteiger partial charge in [0.1, 0.15) is 76.4 Å². The lowest BCUT2D eigenvalue weighted by Gasteiger charge is -2.34. The molecule has 0 spiro atoms. The molecule has 714 valence electrons. The number of carbonyl (C=O) groups is 7. The molecule has 13 N–H and O–H groups in total. The minimum absolute atomic E-state index is 0.0631. The van der Waals surface area contributed by atoms with Crippen molar-refractivity contribution < 1.29 is 70.8 Å². The number of hydrogen-bond donors (Lipinski definition) is 13. The maximum absolute atomic E-state index is 13.3. The van der Waals surface area contributed by atoms with Crippen LogP contribution < -0.4 is 26.6 Å². The molecule has 45 nitrogen and oxygen atoms in total. The highest BCUT2D eigenvalue weighted by atomic mass is 32.1. The highest BCUT2D eigenvalue weighted by molar-refractivity contribution is 7.14. The number of aliphatic hydroxyl groups excluding tert-OH is 1. The molecule has 4 aliphatic carbocycles. The standard InChI is InChI=1S/2C19H15F2N7OS.C19H14FN7OS.C15H13N7O2S.C12H9N7OS.2CH2O2/c2*20-19(21)5-12(6-19)28-9-14(16(27-28)13-3-1-2-4-22-13)25-17(29)15-10-30-18(26-15)11-7-23-24-8-11;20-12-5-13(6-12)27-9-15(17(26-27)14-3-1-2-4-21-14)24-18(28)16-10-29-19(25-16)11-7-22-23-8-11;1-16-13-11(6-22(21-13)9-2-10(23)3-9)19-14(24)12-7-25-15(20-12)8-4-17-18-5-8;1-13-10-8(5-19(2)18-10)16-11(20)9-6-21-12(17-9)7-3-14-15-4-7;2*2-1-3/h2*1-4,7-10,12H,5-6H2,(H,23,24)(H,25,29);1-5,7-10,13H,6H2,(H,22,23)(H,24,28);4-7,9-10,23H,2-3H2,(H,17,18)(H,19,24);3-6H,2H3,(H,14,15)(H,16,20);2*1H,(H,2,3). The number of nitrogens with one attached hydrogen (secondary N) is 10. The zero-order valence-corrected chi connectivity index (χ0v) is 76.4. The van der Waals surface area contributed by atoms with Crippen molar-refractivity contribution in [3.8, 4) is 87.0 Å². The summed E-state index contributed by atoms with van der Waals surface area (Å²) in [5.74, 6) is -7.20. The first-order valence-electron chi connectivity index (χ1n) is 41.4. The molecule has 4 aliphatic rings. The van der Waals surface area contributed by atoms with Gasteiger partial charge >= 0.3 is 11.6 Å². The van der Waals surface area contributed by atoms with Crippen LogP contribution in [0.25, 0.3) is 96.7 Å². The van der Waals surface area contributed by atoms with Crippen molar-refractivity contribution in [2.45, 2.75) is 87.1 Å². The fourth-order valence-electron chi connectivity index (χ4n) is 13.7. The number of hydrogen-bond acceptors (Lipinski definition) is 31. The average molecular weight is 2010 g/mol. The zero-order valence-electron chi connectivity index (χ0n) is 72.4. The number of pyridine rings is 3. The van der Waals surface area contributed by atoms with E-state index in [1.54, 1.807) is 203 Å². The summed E-state index contributed by atoms with van der Waals surface area (Å²) in [6.07, 6.45) is 31.2. The average Bonchev–Trinajstić information content (AvgIpc) is 1.66. The van der Waals surface area contributed by atoms with Crippen LogP contribution in [0.3, 0.4) is 0 Å². The summed E-state index contributed by atoms with van der Waals surface area (Å²) in [4.78, 5) is 121. The van der Waals surface area contributed by atoms with Crippen LogP contribution >= 0.6 is 56.7 Å². The summed E-state index contributed by atoms with van der Waals surface area (Å²) in [7, 11) is 1.68. The molecule has 0 saturated heterocycles. The normalized spacial score (nSPS) is 15.0. The van der Waals surface area contributed by atoms with Crippen LogP contribution in [-0.2, 0) is 16.6 Å². The highest BCUT2D eigenvalue weighted by Gasteiger charge is 2.48. The molecule has 18 aromatic heterocycles. The molecule has 0 bridgehead atoms. The van der Waals surface area contributed by atoms with Crippen LogP contribution in [0.1, 0.15) is 122 Å². The van der Waals surface area contributed by atoms with Crippen molar-refractivity contribution in [3.05, 3.63) is 256 Å². The van der Waals surface area contributed by atoms with E-state index < -0.39 is 41.7 Å². The summed E-state index contributed by atoms with van der Waals surface area (Å²) in [6.45, 7) is 13.7. The van der Waals surface area contributed by atoms with Gasteiger partial charge in [-0.15, -0.1) is 56.7 Å². The molecule has 5 amide bonds. The van der Waals surface area contributed by atoms with Crippen molar-refractivity contribution in [2.75, 3.05) is 26.6 Å². The van der Waals surface area contributed by atoms with E-state index in [1.807, 2.05) is 6.07 Å². The fraction of sp³-hybridized carbons (Fsp3) is 0.174. The molecule has 18 aromatic rings. The topological polar surface area (TPSA) is 585 Å². The molecule has 3 saturated carbocycles. The Hall–Kier alpha value is -17.7. The third-order valence-corrected chi connectivity index (χ3v) is 25.2. The third kappa shape index (κ3) is 23.5. The van der Waals surface area contributed by atoms with Gasteiger partial charge in [0.2, 0.25) is 0 Å². The number of H-pyrrole nitrogens is 5. The van der Waals surface area contributed by atoms with Crippen molar-refractivity contribution in [3.63, 3.8) is 0 Å². The van der Waals surface area contributed by atoms with Gasteiger partial charge in [0.25, 0.3) is 54.3 Å². The predicted molar refractivity (Wildman–Crippen MR) is 504 cm³/mol. The summed E-state index contributed by atoms with van der Waals surface area (Å²) >= 11 is 6.68. The second kappa shape index (κ2) is 43.6. The molecule has 55 heteroatoms. The SMILES string of the molecule is O=C(Nc1cn(C2C=C(F)C2)nc1-c1ccccn1)c1csc(-c2cn[nH]c2)n1.O=C(Nc1cn(C2CC(F)(F)C2)nc1-c1ccccn1)c1csc(-c2cn[nH]c2)n1.O=C(Nc1cn(C2CC(F)(F)C2)nc1-c1ccccn1)c1csc(-c2cn[nH]c2)n1.O=CO.O=CO.[C-]#[N+]c1nn(C)cc1NC(=O)c1csc(-c2cn[nH]c2)n1.[C-]#[N+]c1nn(C2CC(O)C2)cc1NC(=O)c1csc(-c2cn[nH]c2)n1. The van der Waals surface area contributed by atoms with Crippen molar-refractivity contribution in [2.24, 2.45) is 7.05 Å². The molecular formula is C86H70F5N35O10S5. The molecule has 1 atom stereocenters. The largest absolute Gasteiger partial charge is 0.483 e. The minimum atomic E-state index is -2.67. The lowest BCUT2D eigenvalue weighted by Crippen LogP contribution is -2.37. The predicted octanol–water partition coefficient (Wildman–Crippen LogP) is 15.6. The monoisotopic (exact) mass is 2010 g/mol. The van der Waals surface area contributed by atoms with Gasteiger partial charge in [0.15, 0.2) is 0 Å². The first kappa shape index (κ1) is 96.4. The summed E-state index contributed by atoms with van der Waals surface area (Å²) in [5.41, 5.74) is 10.4. The Morgan fingerprint density at radius 1 is 0.433 bits per heavy atom. The van der Waals surface area contributed by atoms with Crippen molar-refractivity contribution in [1.29, 1.82) is 0 Å². The summed E-state index contributed by atoms with van der Waals surface area (Å²) < 4.78 is 74.1. The number of halogens is 5. The molecule has 0 aliphatic heterocycles. The number of carboxylic acid groups (broad SMARTS) is 2. The van der Waals surface area contributed by atoms with E-state index in [1.165, 1.54) is 76.8 Å². The maximum Gasteiger partial charge on any atom is 0.318 e.